The second-order valence-electron chi connectivity index (χ2n) is 7.51. The number of likely N-dealkylation sites (tertiary alicyclic amines) is 1. The minimum atomic E-state index is 0.0433. The third-order valence-corrected chi connectivity index (χ3v) is 5.36. The van der Waals surface area contributed by atoms with Crippen LogP contribution in [0.15, 0.2) is 24.3 Å². The Bertz CT molecular complexity index is 567. The highest BCUT2D eigenvalue weighted by atomic mass is 16.5. The minimum absolute atomic E-state index is 0.0433. The number of benzene rings is 1. The molecule has 124 valence electrons. The van der Waals surface area contributed by atoms with Gasteiger partial charge in [0.05, 0.1) is 18.1 Å². The van der Waals surface area contributed by atoms with Gasteiger partial charge in [0, 0.05) is 26.2 Å². The van der Waals surface area contributed by atoms with Gasteiger partial charge in [0.15, 0.2) is 0 Å². The number of amides is 1. The smallest absolute Gasteiger partial charge is 0.225 e. The van der Waals surface area contributed by atoms with E-state index in [-0.39, 0.29) is 24.0 Å². The van der Waals surface area contributed by atoms with Crippen molar-refractivity contribution < 1.29 is 9.53 Å². The fourth-order valence-corrected chi connectivity index (χ4v) is 3.79. The fourth-order valence-electron chi connectivity index (χ4n) is 3.79. The molecule has 2 aliphatic heterocycles. The number of nitrogens with zero attached hydrogens (tertiary/aromatic N) is 1. The molecule has 2 heterocycles. The van der Waals surface area contributed by atoms with E-state index in [1.54, 1.807) is 0 Å². The van der Waals surface area contributed by atoms with Gasteiger partial charge >= 0.3 is 0 Å². The van der Waals surface area contributed by atoms with Gasteiger partial charge in [-0.05, 0) is 37.7 Å². The first-order valence-electron chi connectivity index (χ1n) is 8.88. The van der Waals surface area contributed by atoms with Crippen LogP contribution >= 0.6 is 0 Å². The average Bonchev–Trinajstić information content (AvgIpc) is 3.32. The Morgan fingerprint density at radius 1 is 1.26 bits per heavy atom. The van der Waals surface area contributed by atoms with Crippen LogP contribution in [0.2, 0.25) is 0 Å². The summed E-state index contributed by atoms with van der Waals surface area (Å²) in [5.41, 5.74) is 2.63. The predicted molar refractivity (Wildman–Crippen MR) is 89.0 cm³/mol. The summed E-state index contributed by atoms with van der Waals surface area (Å²) in [7, 11) is 0. The zero-order valence-corrected chi connectivity index (χ0v) is 13.8. The lowest BCUT2D eigenvalue weighted by Crippen LogP contribution is -2.45. The molecular weight excluding hydrogens is 288 g/mol. The summed E-state index contributed by atoms with van der Waals surface area (Å²) in [5, 5.41) is 3.13. The molecule has 1 N–H and O–H groups in total. The zero-order chi connectivity index (χ0) is 15.8. The molecule has 2 saturated heterocycles. The van der Waals surface area contributed by atoms with E-state index in [4.69, 9.17) is 4.74 Å². The molecule has 4 nitrogen and oxygen atoms in total. The Kier molecular flexibility index (Phi) is 4.12. The van der Waals surface area contributed by atoms with Crippen LogP contribution in [0.5, 0.6) is 0 Å². The topological polar surface area (TPSA) is 41.6 Å². The maximum Gasteiger partial charge on any atom is 0.225 e. The quantitative estimate of drug-likeness (QED) is 0.905. The van der Waals surface area contributed by atoms with Crippen LogP contribution in [-0.2, 0) is 16.1 Å². The van der Waals surface area contributed by atoms with Gasteiger partial charge in [-0.15, -0.1) is 0 Å². The van der Waals surface area contributed by atoms with E-state index in [0.717, 1.165) is 38.5 Å². The largest absolute Gasteiger partial charge is 0.371 e. The molecule has 0 unspecified atom stereocenters. The highest BCUT2D eigenvalue weighted by molar-refractivity contribution is 5.79. The number of carbonyl (C=O) groups excluding carboxylic acids is 1. The maximum atomic E-state index is 12.4. The molecule has 2 bridgehead atoms. The van der Waals surface area contributed by atoms with Crippen LogP contribution in [0.4, 0.5) is 0 Å². The third-order valence-electron chi connectivity index (χ3n) is 5.36. The van der Waals surface area contributed by atoms with E-state index < -0.39 is 0 Å². The molecule has 4 rings (SSSR count). The van der Waals surface area contributed by atoms with Crippen molar-refractivity contribution >= 4 is 5.91 Å². The van der Waals surface area contributed by atoms with Gasteiger partial charge in [-0.25, -0.2) is 0 Å². The normalized spacial score (nSPS) is 30.4. The zero-order valence-electron chi connectivity index (χ0n) is 13.8. The summed E-state index contributed by atoms with van der Waals surface area (Å²) in [6.07, 6.45) is 3.72. The summed E-state index contributed by atoms with van der Waals surface area (Å²) in [5.74, 6) is 0.988. The highest BCUT2D eigenvalue weighted by Gasteiger charge is 2.44. The lowest BCUT2D eigenvalue weighted by Gasteiger charge is -2.32. The van der Waals surface area contributed by atoms with E-state index in [9.17, 15) is 4.79 Å². The molecule has 3 fully saturated rings. The van der Waals surface area contributed by atoms with E-state index in [0.29, 0.717) is 0 Å². The molecule has 4 heteroatoms. The summed E-state index contributed by atoms with van der Waals surface area (Å²) in [6, 6.07) is 8.73. The van der Waals surface area contributed by atoms with Crippen LogP contribution in [0, 0.1) is 18.8 Å². The Balaban J connectivity index is 1.33. The number of fused-ring (bicyclic) bond motifs is 2. The van der Waals surface area contributed by atoms with E-state index >= 15 is 0 Å². The Labute approximate surface area is 138 Å². The lowest BCUT2D eigenvalue weighted by atomic mass is 9.99. The Hall–Kier alpha value is -1.39. The van der Waals surface area contributed by atoms with Crippen LogP contribution in [0.1, 0.15) is 30.4 Å². The molecule has 23 heavy (non-hydrogen) atoms. The number of rotatable bonds is 5. The van der Waals surface area contributed by atoms with E-state index in [1.165, 1.54) is 24.0 Å². The summed E-state index contributed by atoms with van der Waals surface area (Å²) in [6.45, 7) is 5.74. The molecule has 0 spiro atoms. The third kappa shape index (κ3) is 3.59. The molecule has 3 aliphatic rings. The first-order chi connectivity index (χ1) is 11.2. The fraction of sp³-hybridized carbons (Fsp3) is 0.632. The van der Waals surface area contributed by atoms with Gasteiger partial charge in [0.2, 0.25) is 5.91 Å². The molecule has 1 aromatic carbocycles. The van der Waals surface area contributed by atoms with Crippen molar-refractivity contribution in [1.82, 2.24) is 10.2 Å². The second-order valence-corrected chi connectivity index (χ2v) is 7.51. The summed E-state index contributed by atoms with van der Waals surface area (Å²) >= 11 is 0. The molecule has 0 radical (unpaired) electrons. The van der Waals surface area contributed by atoms with Crippen molar-refractivity contribution in [2.75, 3.05) is 19.6 Å². The van der Waals surface area contributed by atoms with Crippen molar-refractivity contribution in [2.45, 2.75) is 44.9 Å². The maximum absolute atomic E-state index is 12.4. The monoisotopic (exact) mass is 314 g/mol. The van der Waals surface area contributed by atoms with Crippen LogP contribution in [-0.4, -0.2) is 42.6 Å². The average molecular weight is 314 g/mol. The summed E-state index contributed by atoms with van der Waals surface area (Å²) < 4.78 is 6.04. The number of ether oxygens (including phenoxy) is 1. The van der Waals surface area contributed by atoms with Crippen molar-refractivity contribution in [3.05, 3.63) is 35.4 Å². The van der Waals surface area contributed by atoms with Crippen LogP contribution in [0.3, 0.4) is 0 Å². The second kappa shape index (κ2) is 6.25. The molecule has 3 atom stereocenters. The van der Waals surface area contributed by atoms with Crippen LogP contribution < -0.4 is 5.32 Å². The number of nitrogens with one attached hydrogen (secondary N) is 1. The number of aryl methyl sites for hydroxylation is 1. The van der Waals surface area contributed by atoms with E-state index in [2.05, 4.69) is 41.4 Å². The Morgan fingerprint density at radius 3 is 2.78 bits per heavy atom. The Morgan fingerprint density at radius 2 is 2.04 bits per heavy atom. The lowest BCUT2D eigenvalue weighted by molar-refractivity contribution is -0.128. The number of morpholine rings is 1. The molecule has 1 aromatic rings. The van der Waals surface area contributed by atoms with Gasteiger partial charge in [0.1, 0.15) is 0 Å². The number of hydrogen-bond donors (Lipinski definition) is 1. The first kappa shape index (κ1) is 15.2. The van der Waals surface area contributed by atoms with Gasteiger partial charge in [-0.1, -0.05) is 29.8 Å². The molecule has 0 aromatic heterocycles. The first-order valence-corrected chi connectivity index (χ1v) is 8.88. The SMILES string of the molecule is Cc1ccc(CN2C[C@@H]3C[C@@H](C(=O)NCC4CC4)[C@H](C2)O3)cc1. The van der Waals surface area contributed by atoms with Crippen molar-refractivity contribution in [3.63, 3.8) is 0 Å². The standard InChI is InChI=1S/C19H26N2O2/c1-13-2-4-15(5-3-13)10-21-11-16-8-17(18(12-21)23-16)19(22)20-9-14-6-7-14/h2-5,14,16-18H,6-12H2,1H3,(H,20,22)/t16-,17+,18-/m0/s1. The van der Waals surface area contributed by atoms with Gasteiger partial charge in [0.25, 0.3) is 0 Å². The van der Waals surface area contributed by atoms with E-state index in [1.807, 2.05) is 0 Å². The van der Waals surface area contributed by atoms with Crippen LogP contribution in [0.25, 0.3) is 0 Å². The van der Waals surface area contributed by atoms with Gasteiger partial charge in [-0.2, -0.15) is 0 Å². The number of hydrogen-bond acceptors (Lipinski definition) is 3. The molecular formula is C19H26N2O2. The highest BCUT2D eigenvalue weighted by Crippen LogP contribution is 2.33. The number of carbonyl (C=O) groups is 1. The molecule has 1 saturated carbocycles. The van der Waals surface area contributed by atoms with Crippen molar-refractivity contribution in [3.8, 4) is 0 Å². The van der Waals surface area contributed by atoms with Crippen molar-refractivity contribution in [1.29, 1.82) is 0 Å². The molecule has 1 aliphatic carbocycles. The van der Waals surface area contributed by atoms with Gasteiger partial charge < -0.3 is 10.1 Å². The molecule has 1 amide bonds. The minimum Gasteiger partial charge on any atom is -0.371 e. The summed E-state index contributed by atoms with van der Waals surface area (Å²) in [4.78, 5) is 14.9. The van der Waals surface area contributed by atoms with Crippen molar-refractivity contribution in [2.24, 2.45) is 11.8 Å². The van der Waals surface area contributed by atoms with Gasteiger partial charge in [-0.3, -0.25) is 9.69 Å². The predicted octanol–water partition coefficient (Wildman–Crippen LogP) is 2.11.